The number of unbranched alkanes of at least 4 members (excludes halogenated alkanes) is 1. The number of rotatable bonds is 5. The first-order chi connectivity index (χ1) is 10.6. The Kier molecular flexibility index (Phi) is 5.95. The maximum Gasteiger partial charge on any atom is 0.254 e. The van der Waals surface area contributed by atoms with Crippen molar-refractivity contribution in [1.29, 1.82) is 0 Å². The van der Waals surface area contributed by atoms with E-state index in [0.29, 0.717) is 12.0 Å². The van der Waals surface area contributed by atoms with E-state index in [1.807, 2.05) is 4.90 Å². The molecule has 22 heavy (non-hydrogen) atoms. The van der Waals surface area contributed by atoms with Gasteiger partial charge in [-0.05, 0) is 30.7 Å². The minimum Gasteiger partial charge on any atom is -0.334 e. The van der Waals surface area contributed by atoms with Gasteiger partial charge in [-0.1, -0.05) is 13.3 Å². The molecule has 2 rings (SSSR count). The van der Waals surface area contributed by atoms with Crippen molar-refractivity contribution < 1.29 is 14.5 Å². The molecule has 2 N–H and O–H groups in total. The SMILES string of the molecule is CCCCC(=O)Nc1ccc(C(=O)N2CC[NH+](C)CC2)cc1. The van der Waals surface area contributed by atoms with E-state index in [-0.39, 0.29) is 11.8 Å². The molecule has 0 spiro atoms. The fourth-order valence-electron chi connectivity index (χ4n) is 2.53. The van der Waals surface area contributed by atoms with Crippen molar-refractivity contribution in [2.45, 2.75) is 26.2 Å². The summed E-state index contributed by atoms with van der Waals surface area (Å²) in [7, 11) is 2.15. The first-order valence-corrected chi connectivity index (χ1v) is 8.10. The monoisotopic (exact) mass is 304 g/mol. The van der Waals surface area contributed by atoms with Gasteiger partial charge in [0.25, 0.3) is 5.91 Å². The molecule has 5 heteroatoms. The molecule has 1 aromatic rings. The lowest BCUT2D eigenvalue weighted by molar-refractivity contribution is -0.883. The van der Waals surface area contributed by atoms with E-state index in [1.54, 1.807) is 24.3 Å². The number of likely N-dealkylation sites (N-methyl/N-ethyl adjacent to an activating group) is 1. The summed E-state index contributed by atoms with van der Waals surface area (Å²) >= 11 is 0. The lowest BCUT2D eigenvalue weighted by atomic mass is 10.1. The minimum absolute atomic E-state index is 0.0305. The van der Waals surface area contributed by atoms with E-state index in [0.717, 1.165) is 44.7 Å². The Morgan fingerprint density at radius 2 is 1.82 bits per heavy atom. The molecule has 1 saturated heterocycles. The first-order valence-electron chi connectivity index (χ1n) is 8.10. The van der Waals surface area contributed by atoms with Crippen LogP contribution in [-0.2, 0) is 4.79 Å². The van der Waals surface area contributed by atoms with Crippen molar-refractivity contribution in [2.75, 3.05) is 38.5 Å². The summed E-state index contributed by atoms with van der Waals surface area (Å²) in [6.45, 7) is 5.67. The van der Waals surface area contributed by atoms with Gasteiger partial charge in [0.2, 0.25) is 5.91 Å². The number of hydrogen-bond acceptors (Lipinski definition) is 2. The van der Waals surface area contributed by atoms with E-state index in [9.17, 15) is 9.59 Å². The second-order valence-electron chi connectivity index (χ2n) is 5.98. The Bertz CT molecular complexity index is 505. The van der Waals surface area contributed by atoms with Crippen LogP contribution in [-0.4, -0.2) is 49.9 Å². The molecule has 1 aliphatic heterocycles. The number of piperazine rings is 1. The van der Waals surface area contributed by atoms with Crippen LogP contribution in [0.3, 0.4) is 0 Å². The standard InChI is InChI=1S/C17H25N3O2/c1-3-4-5-16(21)18-15-8-6-14(7-9-15)17(22)20-12-10-19(2)11-13-20/h6-9H,3-5,10-13H2,1-2H3,(H,18,21)/p+1. The lowest BCUT2D eigenvalue weighted by Crippen LogP contribution is -3.12. The van der Waals surface area contributed by atoms with Gasteiger partial charge in [0.05, 0.1) is 33.2 Å². The fraction of sp³-hybridized carbons (Fsp3) is 0.529. The zero-order chi connectivity index (χ0) is 15.9. The van der Waals surface area contributed by atoms with Gasteiger partial charge in [-0.15, -0.1) is 0 Å². The van der Waals surface area contributed by atoms with E-state index in [1.165, 1.54) is 4.90 Å². The van der Waals surface area contributed by atoms with Crippen molar-refractivity contribution in [3.8, 4) is 0 Å². The number of carbonyl (C=O) groups is 2. The van der Waals surface area contributed by atoms with Crippen LogP contribution in [0.2, 0.25) is 0 Å². The number of hydrogen-bond donors (Lipinski definition) is 2. The van der Waals surface area contributed by atoms with Crippen molar-refractivity contribution >= 4 is 17.5 Å². The van der Waals surface area contributed by atoms with Crippen LogP contribution in [0.4, 0.5) is 5.69 Å². The second kappa shape index (κ2) is 7.94. The average Bonchev–Trinajstić information content (AvgIpc) is 2.54. The molecule has 0 radical (unpaired) electrons. The number of quaternary nitrogens is 1. The average molecular weight is 304 g/mol. The van der Waals surface area contributed by atoms with Crippen LogP contribution in [0.1, 0.15) is 36.5 Å². The van der Waals surface area contributed by atoms with Crippen LogP contribution < -0.4 is 10.2 Å². The van der Waals surface area contributed by atoms with E-state index in [4.69, 9.17) is 0 Å². The van der Waals surface area contributed by atoms with Gasteiger partial charge in [-0.25, -0.2) is 0 Å². The molecule has 0 aliphatic carbocycles. The second-order valence-corrected chi connectivity index (χ2v) is 5.98. The predicted molar refractivity (Wildman–Crippen MR) is 87.1 cm³/mol. The highest BCUT2D eigenvalue weighted by molar-refractivity contribution is 5.95. The van der Waals surface area contributed by atoms with Gasteiger partial charge in [0.15, 0.2) is 0 Å². The minimum atomic E-state index is 0.0305. The highest BCUT2D eigenvalue weighted by atomic mass is 16.2. The van der Waals surface area contributed by atoms with E-state index < -0.39 is 0 Å². The van der Waals surface area contributed by atoms with Crippen LogP contribution in [0, 0.1) is 0 Å². The first kappa shape index (κ1) is 16.5. The van der Waals surface area contributed by atoms with E-state index in [2.05, 4.69) is 19.3 Å². The maximum absolute atomic E-state index is 12.4. The van der Waals surface area contributed by atoms with Crippen molar-refractivity contribution in [1.82, 2.24) is 4.90 Å². The molecule has 0 aromatic heterocycles. The van der Waals surface area contributed by atoms with Gasteiger partial charge in [-0.3, -0.25) is 9.59 Å². The quantitative estimate of drug-likeness (QED) is 0.845. The highest BCUT2D eigenvalue weighted by Crippen LogP contribution is 2.12. The summed E-state index contributed by atoms with van der Waals surface area (Å²) in [5.41, 5.74) is 1.44. The fourth-order valence-corrected chi connectivity index (χ4v) is 2.53. The van der Waals surface area contributed by atoms with Crippen LogP contribution >= 0.6 is 0 Å². The topological polar surface area (TPSA) is 53.9 Å². The van der Waals surface area contributed by atoms with Crippen molar-refractivity contribution in [3.63, 3.8) is 0 Å². The Hall–Kier alpha value is -1.88. The molecule has 1 aromatic carbocycles. The third-order valence-corrected chi connectivity index (χ3v) is 4.08. The zero-order valence-corrected chi connectivity index (χ0v) is 13.5. The molecular formula is C17H26N3O2+. The van der Waals surface area contributed by atoms with Gasteiger partial charge in [0.1, 0.15) is 0 Å². The zero-order valence-electron chi connectivity index (χ0n) is 13.5. The van der Waals surface area contributed by atoms with Gasteiger partial charge in [0, 0.05) is 17.7 Å². The highest BCUT2D eigenvalue weighted by Gasteiger charge is 2.22. The number of benzene rings is 1. The third kappa shape index (κ3) is 4.56. The molecule has 0 bridgehead atoms. The summed E-state index contributed by atoms with van der Waals surface area (Å²) in [6.07, 6.45) is 2.45. The molecule has 1 fully saturated rings. The molecule has 0 saturated carbocycles. The third-order valence-electron chi connectivity index (χ3n) is 4.08. The summed E-state index contributed by atoms with van der Waals surface area (Å²) in [5, 5.41) is 2.86. The normalized spacial score (nSPS) is 15.6. The molecule has 120 valence electrons. The molecule has 0 atom stereocenters. The maximum atomic E-state index is 12.4. The number of nitrogens with one attached hydrogen (secondary N) is 2. The van der Waals surface area contributed by atoms with Crippen molar-refractivity contribution in [2.24, 2.45) is 0 Å². The molecule has 5 nitrogen and oxygen atoms in total. The molecule has 2 amide bonds. The lowest BCUT2D eigenvalue weighted by Gasteiger charge is -2.30. The van der Waals surface area contributed by atoms with Crippen LogP contribution in [0.5, 0.6) is 0 Å². The summed E-state index contributed by atoms with van der Waals surface area (Å²) < 4.78 is 0. The molecular weight excluding hydrogens is 278 g/mol. The van der Waals surface area contributed by atoms with Gasteiger partial charge >= 0.3 is 0 Å². The molecule has 1 aliphatic rings. The number of carbonyl (C=O) groups excluding carboxylic acids is 2. The van der Waals surface area contributed by atoms with Gasteiger partial charge < -0.3 is 15.1 Å². The Morgan fingerprint density at radius 3 is 2.41 bits per heavy atom. The molecule has 0 unspecified atom stereocenters. The Labute approximate surface area is 132 Å². The number of anilines is 1. The van der Waals surface area contributed by atoms with Crippen LogP contribution in [0.25, 0.3) is 0 Å². The summed E-state index contributed by atoms with van der Waals surface area (Å²) in [5.74, 6) is 0.110. The largest absolute Gasteiger partial charge is 0.334 e. The van der Waals surface area contributed by atoms with Gasteiger partial charge in [-0.2, -0.15) is 0 Å². The predicted octanol–water partition coefficient (Wildman–Crippen LogP) is 0.786. The Morgan fingerprint density at radius 1 is 1.18 bits per heavy atom. The Balaban J connectivity index is 1.91. The summed E-state index contributed by atoms with van der Waals surface area (Å²) in [6, 6.07) is 7.20. The number of amides is 2. The summed E-state index contributed by atoms with van der Waals surface area (Å²) in [4.78, 5) is 27.5. The van der Waals surface area contributed by atoms with Crippen LogP contribution in [0.15, 0.2) is 24.3 Å². The van der Waals surface area contributed by atoms with Crippen molar-refractivity contribution in [3.05, 3.63) is 29.8 Å². The molecule has 1 heterocycles. The van der Waals surface area contributed by atoms with E-state index >= 15 is 0 Å². The number of nitrogens with zero attached hydrogens (tertiary/aromatic N) is 1. The smallest absolute Gasteiger partial charge is 0.254 e.